The molecule has 0 aliphatic carbocycles. The summed E-state index contributed by atoms with van der Waals surface area (Å²) in [4.78, 5) is 0. The Kier molecular flexibility index (Phi) is 4.49. The van der Waals surface area contributed by atoms with Crippen LogP contribution in [0.15, 0.2) is 30.6 Å². The van der Waals surface area contributed by atoms with E-state index in [2.05, 4.69) is 10.4 Å². The van der Waals surface area contributed by atoms with Gasteiger partial charge in [0.05, 0.1) is 12.3 Å². The monoisotopic (exact) mass is 307 g/mol. The van der Waals surface area contributed by atoms with Crippen LogP contribution in [0.25, 0.3) is 0 Å². The van der Waals surface area contributed by atoms with Crippen LogP contribution in [0.3, 0.4) is 0 Å². The highest BCUT2D eigenvalue weighted by molar-refractivity contribution is 5.22. The molecule has 6 heteroatoms. The van der Waals surface area contributed by atoms with Gasteiger partial charge in [0.1, 0.15) is 0 Å². The summed E-state index contributed by atoms with van der Waals surface area (Å²) in [6.45, 7) is 4.15. The largest absolute Gasteiger partial charge is 0.372 e. The average Bonchev–Trinajstić information content (AvgIpc) is 3.16. The minimum atomic E-state index is -0.837. The maximum absolute atomic E-state index is 13.4. The van der Waals surface area contributed by atoms with Crippen molar-refractivity contribution in [1.82, 2.24) is 15.1 Å². The summed E-state index contributed by atoms with van der Waals surface area (Å²) in [5.41, 5.74) is 1.76. The van der Waals surface area contributed by atoms with E-state index >= 15 is 0 Å². The summed E-state index contributed by atoms with van der Waals surface area (Å²) in [6, 6.07) is 4.02. The fourth-order valence-corrected chi connectivity index (χ4v) is 2.74. The van der Waals surface area contributed by atoms with Gasteiger partial charge >= 0.3 is 0 Å². The first kappa shape index (κ1) is 15.1. The quantitative estimate of drug-likeness (QED) is 0.923. The molecule has 118 valence electrons. The van der Waals surface area contributed by atoms with Crippen LogP contribution in [0.1, 0.15) is 30.6 Å². The van der Waals surface area contributed by atoms with E-state index in [1.54, 1.807) is 6.07 Å². The van der Waals surface area contributed by atoms with Crippen LogP contribution in [-0.2, 0) is 17.8 Å². The number of aryl methyl sites for hydroxylation is 1. The Morgan fingerprint density at radius 3 is 2.95 bits per heavy atom. The van der Waals surface area contributed by atoms with Gasteiger partial charge in [-0.1, -0.05) is 6.07 Å². The molecular formula is C16H19F2N3O. The molecule has 1 aromatic heterocycles. The fourth-order valence-electron chi connectivity index (χ4n) is 2.74. The van der Waals surface area contributed by atoms with Crippen molar-refractivity contribution in [1.29, 1.82) is 0 Å². The highest BCUT2D eigenvalue weighted by Crippen LogP contribution is 2.30. The lowest BCUT2D eigenvalue weighted by Crippen LogP contribution is -2.31. The number of nitrogens with one attached hydrogen (secondary N) is 1. The van der Waals surface area contributed by atoms with E-state index in [0.717, 1.165) is 24.6 Å². The summed E-state index contributed by atoms with van der Waals surface area (Å²) in [5, 5.41) is 7.66. The van der Waals surface area contributed by atoms with Crippen LogP contribution in [-0.4, -0.2) is 22.4 Å². The Bertz CT molecular complexity index is 644. The van der Waals surface area contributed by atoms with Crippen LogP contribution >= 0.6 is 0 Å². The molecule has 22 heavy (non-hydrogen) atoms. The Morgan fingerprint density at radius 1 is 1.36 bits per heavy atom. The molecule has 1 fully saturated rings. The number of nitrogens with zero attached hydrogens (tertiary/aromatic N) is 2. The molecule has 0 bridgehead atoms. The molecule has 2 heterocycles. The van der Waals surface area contributed by atoms with E-state index in [1.807, 2.05) is 24.0 Å². The summed E-state index contributed by atoms with van der Waals surface area (Å²) in [7, 11) is 0. The lowest BCUT2D eigenvalue weighted by Gasteiger charge is -2.20. The standard InChI is InChI=1S/C16H19F2N3O/c1-2-21-10-11(9-20-21)8-19-15-5-6-22-16(15)12-3-4-13(17)14(18)7-12/h3-4,7,9-10,15-16,19H,2,5-6,8H2,1H3. The zero-order valence-corrected chi connectivity index (χ0v) is 12.4. The zero-order valence-electron chi connectivity index (χ0n) is 12.4. The molecule has 2 unspecified atom stereocenters. The van der Waals surface area contributed by atoms with Gasteiger partial charge in [-0.15, -0.1) is 0 Å². The maximum Gasteiger partial charge on any atom is 0.159 e. The van der Waals surface area contributed by atoms with Gasteiger partial charge < -0.3 is 10.1 Å². The molecule has 0 saturated carbocycles. The third-order valence-corrected chi connectivity index (χ3v) is 3.94. The molecule has 1 saturated heterocycles. The summed E-state index contributed by atoms with van der Waals surface area (Å²) in [6.07, 6.45) is 4.41. The van der Waals surface area contributed by atoms with Gasteiger partial charge in [-0.25, -0.2) is 8.78 Å². The van der Waals surface area contributed by atoms with E-state index in [4.69, 9.17) is 4.74 Å². The number of rotatable bonds is 5. The van der Waals surface area contributed by atoms with Crippen molar-refractivity contribution in [3.05, 3.63) is 53.4 Å². The first-order valence-electron chi connectivity index (χ1n) is 7.48. The summed E-state index contributed by atoms with van der Waals surface area (Å²) < 4.78 is 34.0. The van der Waals surface area contributed by atoms with Gasteiger partial charge in [-0.2, -0.15) is 5.10 Å². The number of hydrogen-bond acceptors (Lipinski definition) is 3. The van der Waals surface area contributed by atoms with Crippen LogP contribution in [0.4, 0.5) is 8.78 Å². The second-order valence-corrected chi connectivity index (χ2v) is 5.45. The summed E-state index contributed by atoms with van der Waals surface area (Å²) >= 11 is 0. The molecule has 1 aliphatic rings. The number of hydrogen-bond donors (Lipinski definition) is 1. The van der Waals surface area contributed by atoms with Gasteiger partial charge in [-0.3, -0.25) is 4.68 Å². The zero-order chi connectivity index (χ0) is 15.5. The topological polar surface area (TPSA) is 39.1 Å². The molecule has 1 N–H and O–H groups in total. The van der Waals surface area contributed by atoms with Crippen LogP contribution in [0, 0.1) is 11.6 Å². The van der Waals surface area contributed by atoms with Crippen LogP contribution < -0.4 is 5.32 Å². The molecule has 1 aliphatic heterocycles. The van der Waals surface area contributed by atoms with E-state index in [-0.39, 0.29) is 12.1 Å². The van der Waals surface area contributed by atoms with Crippen molar-refractivity contribution in [2.24, 2.45) is 0 Å². The lowest BCUT2D eigenvalue weighted by atomic mass is 10.0. The van der Waals surface area contributed by atoms with Crippen molar-refractivity contribution in [2.75, 3.05) is 6.61 Å². The molecule has 0 spiro atoms. The van der Waals surface area contributed by atoms with Crippen LogP contribution in [0.5, 0.6) is 0 Å². The molecule has 0 radical (unpaired) electrons. The van der Waals surface area contributed by atoms with Crippen molar-refractivity contribution in [3.63, 3.8) is 0 Å². The third-order valence-electron chi connectivity index (χ3n) is 3.94. The van der Waals surface area contributed by atoms with Gasteiger partial charge in [0, 0.05) is 37.5 Å². The molecular weight excluding hydrogens is 288 g/mol. The second-order valence-electron chi connectivity index (χ2n) is 5.45. The number of benzene rings is 1. The fraction of sp³-hybridized carbons (Fsp3) is 0.438. The highest BCUT2D eigenvalue weighted by atomic mass is 19.2. The lowest BCUT2D eigenvalue weighted by molar-refractivity contribution is 0.0981. The Morgan fingerprint density at radius 2 is 2.23 bits per heavy atom. The molecule has 2 aromatic rings. The minimum absolute atomic E-state index is 0.0786. The maximum atomic E-state index is 13.4. The van der Waals surface area contributed by atoms with E-state index in [0.29, 0.717) is 18.7 Å². The number of halogens is 2. The average molecular weight is 307 g/mol. The molecule has 3 rings (SSSR count). The highest BCUT2D eigenvalue weighted by Gasteiger charge is 2.29. The normalized spacial score (nSPS) is 21.4. The van der Waals surface area contributed by atoms with Gasteiger partial charge in [0.25, 0.3) is 0 Å². The van der Waals surface area contributed by atoms with Crippen molar-refractivity contribution in [3.8, 4) is 0 Å². The molecule has 1 aromatic carbocycles. The van der Waals surface area contributed by atoms with E-state index in [1.165, 1.54) is 6.07 Å². The van der Waals surface area contributed by atoms with Crippen molar-refractivity contribution in [2.45, 2.75) is 38.6 Å². The Labute approximate surface area is 128 Å². The predicted octanol–water partition coefficient (Wildman–Crippen LogP) is 2.80. The Balaban J connectivity index is 1.66. The molecule has 2 atom stereocenters. The second kappa shape index (κ2) is 6.54. The van der Waals surface area contributed by atoms with Gasteiger partial charge in [0.2, 0.25) is 0 Å². The molecule has 0 amide bonds. The smallest absolute Gasteiger partial charge is 0.159 e. The third kappa shape index (κ3) is 3.18. The Hall–Kier alpha value is -1.79. The predicted molar refractivity (Wildman–Crippen MR) is 78.2 cm³/mol. The van der Waals surface area contributed by atoms with E-state index in [9.17, 15) is 8.78 Å². The van der Waals surface area contributed by atoms with Gasteiger partial charge in [-0.05, 0) is 31.0 Å². The van der Waals surface area contributed by atoms with Crippen molar-refractivity contribution >= 4 is 0 Å². The van der Waals surface area contributed by atoms with Crippen LogP contribution in [0.2, 0.25) is 0 Å². The first-order valence-corrected chi connectivity index (χ1v) is 7.48. The molecule has 4 nitrogen and oxygen atoms in total. The SMILES string of the molecule is CCn1cc(CNC2CCOC2c2ccc(F)c(F)c2)cn1. The van der Waals surface area contributed by atoms with Gasteiger partial charge in [0.15, 0.2) is 11.6 Å². The minimum Gasteiger partial charge on any atom is -0.372 e. The number of ether oxygens (including phenoxy) is 1. The van der Waals surface area contributed by atoms with Crippen molar-refractivity contribution < 1.29 is 13.5 Å². The van der Waals surface area contributed by atoms with E-state index < -0.39 is 11.6 Å². The first-order chi connectivity index (χ1) is 10.7. The summed E-state index contributed by atoms with van der Waals surface area (Å²) in [5.74, 6) is -1.67. The number of aromatic nitrogens is 2.